The van der Waals surface area contributed by atoms with Gasteiger partial charge in [-0.2, -0.15) is 5.10 Å². The van der Waals surface area contributed by atoms with Crippen LogP contribution in [0.25, 0.3) is 0 Å². The van der Waals surface area contributed by atoms with Gasteiger partial charge in [0.1, 0.15) is 23.7 Å². The molecule has 0 spiro atoms. The van der Waals surface area contributed by atoms with E-state index in [9.17, 15) is 4.79 Å². The number of nitrogens with one attached hydrogen (secondary N) is 1. The molecule has 0 aliphatic carbocycles. The van der Waals surface area contributed by atoms with E-state index in [-0.39, 0.29) is 5.91 Å². The first-order valence-electron chi connectivity index (χ1n) is 9.85. The molecule has 4 rings (SSSR count). The predicted molar refractivity (Wildman–Crippen MR) is 111 cm³/mol. The van der Waals surface area contributed by atoms with Gasteiger partial charge in [0.25, 0.3) is 0 Å². The van der Waals surface area contributed by atoms with Crippen LogP contribution in [0.3, 0.4) is 0 Å². The van der Waals surface area contributed by atoms with Crippen LogP contribution in [-0.2, 0) is 24.7 Å². The molecule has 9 nitrogen and oxygen atoms in total. The van der Waals surface area contributed by atoms with E-state index in [1.807, 2.05) is 31.3 Å². The van der Waals surface area contributed by atoms with Crippen LogP contribution in [0.5, 0.6) is 5.75 Å². The maximum atomic E-state index is 13.2. The van der Waals surface area contributed by atoms with E-state index in [2.05, 4.69) is 30.3 Å². The van der Waals surface area contributed by atoms with Crippen molar-refractivity contribution in [3.63, 3.8) is 0 Å². The lowest BCUT2D eigenvalue weighted by Gasteiger charge is -2.49. The van der Waals surface area contributed by atoms with E-state index in [1.165, 1.54) is 6.33 Å². The lowest BCUT2D eigenvalue weighted by Crippen LogP contribution is -2.64. The first-order chi connectivity index (χ1) is 14.6. The van der Waals surface area contributed by atoms with Crippen LogP contribution in [0.2, 0.25) is 0 Å². The van der Waals surface area contributed by atoms with Gasteiger partial charge in [-0.3, -0.25) is 14.5 Å². The molecule has 1 saturated heterocycles. The summed E-state index contributed by atoms with van der Waals surface area (Å²) in [5.74, 6) is 2.45. The first-order valence-corrected chi connectivity index (χ1v) is 9.85. The molecule has 1 N–H and O–H groups in total. The fraction of sp³-hybridized carbons (Fsp3) is 0.381. The van der Waals surface area contributed by atoms with Gasteiger partial charge in [-0.1, -0.05) is 12.1 Å². The van der Waals surface area contributed by atoms with Crippen LogP contribution in [0.4, 0.5) is 5.82 Å². The molecular formula is C21H25N7O2. The Morgan fingerprint density at radius 1 is 1.27 bits per heavy atom. The standard InChI is InChI=1S/C21H25N7O2/c1-27-18(25-15-26-27)6-7-24-20(29)21(11-16-4-3-5-17(10-16)30-2)13-28(14-21)19-12-22-8-9-23-19/h3-5,8-10,12,15H,6-7,11,13-14H2,1-2H3,(H,24,29). The first kappa shape index (κ1) is 19.8. The van der Waals surface area contributed by atoms with Gasteiger partial charge < -0.3 is 15.0 Å². The van der Waals surface area contributed by atoms with Crippen molar-refractivity contribution in [2.24, 2.45) is 12.5 Å². The third-order valence-electron chi connectivity index (χ3n) is 5.46. The van der Waals surface area contributed by atoms with Gasteiger partial charge in [0.2, 0.25) is 5.91 Å². The summed E-state index contributed by atoms with van der Waals surface area (Å²) in [5.41, 5.74) is 0.528. The number of rotatable bonds is 8. The summed E-state index contributed by atoms with van der Waals surface area (Å²) in [4.78, 5) is 28.0. The molecule has 156 valence electrons. The maximum absolute atomic E-state index is 13.2. The molecule has 0 unspecified atom stereocenters. The zero-order valence-corrected chi connectivity index (χ0v) is 17.2. The highest BCUT2D eigenvalue weighted by Crippen LogP contribution is 2.37. The quantitative estimate of drug-likeness (QED) is 0.595. The number of hydrogen-bond acceptors (Lipinski definition) is 7. The van der Waals surface area contributed by atoms with E-state index in [0.717, 1.165) is 23.0 Å². The summed E-state index contributed by atoms with van der Waals surface area (Å²) < 4.78 is 7.06. The zero-order valence-electron chi connectivity index (χ0n) is 17.2. The lowest BCUT2D eigenvalue weighted by atomic mass is 9.73. The van der Waals surface area contributed by atoms with Crippen LogP contribution >= 0.6 is 0 Å². The second-order valence-electron chi connectivity index (χ2n) is 7.53. The van der Waals surface area contributed by atoms with Crippen molar-refractivity contribution in [2.75, 3.05) is 31.6 Å². The molecule has 9 heteroatoms. The Morgan fingerprint density at radius 3 is 2.83 bits per heavy atom. The van der Waals surface area contributed by atoms with Gasteiger partial charge in [-0.05, 0) is 24.1 Å². The number of aromatic nitrogens is 5. The maximum Gasteiger partial charge on any atom is 0.230 e. The lowest BCUT2D eigenvalue weighted by molar-refractivity contribution is -0.132. The van der Waals surface area contributed by atoms with E-state index < -0.39 is 5.41 Å². The Kier molecular flexibility index (Phi) is 5.60. The minimum absolute atomic E-state index is 0.0348. The van der Waals surface area contributed by atoms with Crippen LogP contribution in [0.15, 0.2) is 49.2 Å². The molecule has 0 radical (unpaired) electrons. The molecule has 3 aromatic rings. The number of aryl methyl sites for hydroxylation is 1. The highest BCUT2D eigenvalue weighted by molar-refractivity contribution is 5.86. The van der Waals surface area contributed by atoms with Gasteiger partial charge in [-0.25, -0.2) is 9.97 Å². The van der Waals surface area contributed by atoms with Crippen molar-refractivity contribution in [1.29, 1.82) is 0 Å². The van der Waals surface area contributed by atoms with Crippen molar-refractivity contribution in [1.82, 2.24) is 30.0 Å². The molecule has 0 bridgehead atoms. The Labute approximate surface area is 175 Å². The Hall–Kier alpha value is -3.49. The van der Waals surface area contributed by atoms with E-state index >= 15 is 0 Å². The molecule has 1 aliphatic heterocycles. The average Bonchev–Trinajstić information content (AvgIpc) is 3.15. The predicted octanol–water partition coefficient (Wildman–Crippen LogP) is 1.02. The van der Waals surface area contributed by atoms with E-state index in [4.69, 9.17) is 4.74 Å². The summed E-state index contributed by atoms with van der Waals surface area (Å²) in [6.45, 7) is 1.67. The fourth-order valence-electron chi connectivity index (χ4n) is 3.83. The summed E-state index contributed by atoms with van der Waals surface area (Å²) >= 11 is 0. The topological polar surface area (TPSA) is 98.1 Å². The number of benzene rings is 1. The average molecular weight is 407 g/mol. The normalized spacial score (nSPS) is 14.8. The van der Waals surface area contributed by atoms with E-state index in [0.29, 0.717) is 32.5 Å². The number of anilines is 1. The molecule has 1 amide bonds. The van der Waals surface area contributed by atoms with Gasteiger partial charge in [0.05, 0.1) is 18.7 Å². The van der Waals surface area contributed by atoms with Crippen LogP contribution in [0.1, 0.15) is 11.4 Å². The summed E-state index contributed by atoms with van der Waals surface area (Å²) in [6.07, 6.45) is 7.81. The monoisotopic (exact) mass is 407 g/mol. The van der Waals surface area contributed by atoms with Crippen LogP contribution < -0.4 is 15.0 Å². The number of ether oxygens (including phenoxy) is 1. The van der Waals surface area contributed by atoms with Crippen LogP contribution in [-0.4, -0.2) is 57.4 Å². The Balaban J connectivity index is 1.47. The molecule has 1 fully saturated rings. The number of nitrogens with zero attached hydrogens (tertiary/aromatic N) is 6. The van der Waals surface area contributed by atoms with Gasteiger partial charge in [0.15, 0.2) is 0 Å². The Morgan fingerprint density at radius 2 is 2.13 bits per heavy atom. The van der Waals surface area contributed by atoms with Gasteiger partial charge >= 0.3 is 0 Å². The third kappa shape index (κ3) is 4.10. The fourth-order valence-corrected chi connectivity index (χ4v) is 3.83. The van der Waals surface area contributed by atoms with Crippen molar-refractivity contribution in [2.45, 2.75) is 12.8 Å². The largest absolute Gasteiger partial charge is 0.497 e. The number of amides is 1. The molecule has 0 atom stereocenters. The minimum atomic E-state index is -0.538. The number of methoxy groups -OCH3 is 1. The Bertz CT molecular complexity index is 999. The second-order valence-corrected chi connectivity index (χ2v) is 7.53. The molecule has 1 aliphatic rings. The smallest absolute Gasteiger partial charge is 0.230 e. The number of carbonyl (C=O) groups excluding carboxylic acids is 1. The van der Waals surface area contributed by atoms with Crippen molar-refractivity contribution >= 4 is 11.7 Å². The van der Waals surface area contributed by atoms with Crippen molar-refractivity contribution < 1.29 is 9.53 Å². The molecule has 3 heterocycles. The SMILES string of the molecule is COc1cccc(CC2(C(=O)NCCc3ncnn3C)CN(c3cnccn3)C2)c1. The second kappa shape index (κ2) is 8.48. The van der Waals surface area contributed by atoms with Gasteiger partial charge in [0, 0.05) is 45.5 Å². The van der Waals surface area contributed by atoms with E-state index in [1.54, 1.807) is 30.4 Å². The van der Waals surface area contributed by atoms with Crippen molar-refractivity contribution in [3.05, 3.63) is 60.6 Å². The highest BCUT2D eigenvalue weighted by Gasteiger charge is 2.49. The molecule has 1 aromatic carbocycles. The molecule has 0 saturated carbocycles. The molecule has 2 aromatic heterocycles. The molecular weight excluding hydrogens is 382 g/mol. The molecule has 30 heavy (non-hydrogen) atoms. The summed E-state index contributed by atoms with van der Waals surface area (Å²) in [7, 11) is 3.49. The zero-order chi connectivity index (χ0) is 21.0. The summed E-state index contributed by atoms with van der Waals surface area (Å²) in [6, 6.07) is 7.87. The van der Waals surface area contributed by atoms with Gasteiger partial charge in [-0.15, -0.1) is 0 Å². The number of hydrogen-bond donors (Lipinski definition) is 1. The number of carbonyl (C=O) groups is 1. The highest BCUT2D eigenvalue weighted by atomic mass is 16.5. The van der Waals surface area contributed by atoms with Crippen LogP contribution in [0, 0.1) is 5.41 Å². The van der Waals surface area contributed by atoms with Crippen molar-refractivity contribution in [3.8, 4) is 5.75 Å². The minimum Gasteiger partial charge on any atom is -0.497 e. The third-order valence-corrected chi connectivity index (χ3v) is 5.46. The summed E-state index contributed by atoms with van der Waals surface area (Å²) in [5, 5.41) is 7.17.